The number of nitrogens with zero attached hydrogens (tertiary/aromatic N) is 2. The molecule has 1 amide bonds. The minimum atomic E-state index is -0.183. The molecule has 0 aliphatic carbocycles. The molecule has 2 aliphatic rings. The van der Waals surface area contributed by atoms with E-state index in [0.717, 1.165) is 36.3 Å². The summed E-state index contributed by atoms with van der Waals surface area (Å²) in [4.78, 5) is 18.6. The van der Waals surface area contributed by atoms with Gasteiger partial charge < -0.3 is 14.4 Å². The maximum absolute atomic E-state index is 12.7. The number of benzene rings is 1. The van der Waals surface area contributed by atoms with E-state index in [0.29, 0.717) is 25.6 Å². The highest BCUT2D eigenvalue weighted by Gasteiger charge is 2.54. The average Bonchev–Trinajstić information content (AvgIpc) is 3.05. The second-order valence-electron chi connectivity index (χ2n) is 7.26. The largest absolute Gasteiger partial charge is 0.492 e. The normalized spacial score (nSPS) is 20.8. The fourth-order valence-corrected chi connectivity index (χ4v) is 4.00. The van der Waals surface area contributed by atoms with Crippen LogP contribution in [0.1, 0.15) is 28.8 Å². The molecule has 1 spiro atoms. The summed E-state index contributed by atoms with van der Waals surface area (Å²) < 4.78 is 11.9. The molecule has 0 bridgehead atoms. The molecule has 4 rings (SSSR count). The van der Waals surface area contributed by atoms with E-state index in [-0.39, 0.29) is 11.5 Å². The first-order valence-corrected chi connectivity index (χ1v) is 9.19. The molecule has 2 saturated heterocycles. The Morgan fingerprint density at radius 3 is 3.00 bits per heavy atom. The van der Waals surface area contributed by atoms with Crippen LogP contribution in [0.3, 0.4) is 0 Å². The summed E-state index contributed by atoms with van der Waals surface area (Å²) in [5, 5.41) is 0. The lowest BCUT2D eigenvalue weighted by molar-refractivity contribution is -0.119. The van der Waals surface area contributed by atoms with Crippen LogP contribution in [0, 0.1) is 12.8 Å². The number of likely N-dealkylation sites (tertiary alicyclic amines) is 1. The van der Waals surface area contributed by atoms with Crippen LogP contribution in [0.5, 0.6) is 5.75 Å². The average molecular weight is 352 g/mol. The summed E-state index contributed by atoms with van der Waals surface area (Å²) >= 11 is 0. The number of carbonyl (C=O) groups excluding carboxylic acids is 1. The maximum atomic E-state index is 12.7. The molecule has 0 saturated carbocycles. The molecule has 1 atom stereocenters. The number of amides is 1. The molecule has 0 radical (unpaired) electrons. The van der Waals surface area contributed by atoms with Crippen LogP contribution in [0.4, 0.5) is 0 Å². The number of hydrogen-bond acceptors (Lipinski definition) is 4. The van der Waals surface area contributed by atoms with E-state index in [2.05, 4.69) is 4.98 Å². The third-order valence-electron chi connectivity index (χ3n) is 5.44. The third kappa shape index (κ3) is 3.31. The molecule has 26 heavy (non-hydrogen) atoms. The van der Waals surface area contributed by atoms with Gasteiger partial charge in [0.05, 0.1) is 25.9 Å². The minimum Gasteiger partial charge on any atom is -0.492 e. The number of pyridine rings is 1. The van der Waals surface area contributed by atoms with E-state index in [1.807, 2.05) is 48.2 Å². The number of carbonyl (C=O) groups is 1. The van der Waals surface area contributed by atoms with E-state index >= 15 is 0 Å². The van der Waals surface area contributed by atoms with Crippen molar-refractivity contribution in [3.63, 3.8) is 0 Å². The molecular weight excluding hydrogens is 328 g/mol. The zero-order valence-corrected chi connectivity index (χ0v) is 15.1. The van der Waals surface area contributed by atoms with E-state index in [1.54, 1.807) is 12.4 Å². The highest BCUT2D eigenvalue weighted by molar-refractivity contribution is 5.95. The van der Waals surface area contributed by atoms with Crippen LogP contribution in [0.2, 0.25) is 0 Å². The first-order valence-electron chi connectivity index (χ1n) is 9.19. The Hall–Kier alpha value is -2.40. The standard InChI is InChI=1S/C21H24N2O3/c1-16-4-2-5-17(12-16)20(24)23-14-21(15-23)18(8-11-26-21)7-10-25-19-6-3-9-22-13-19/h2-6,9,12-13,18H,7-8,10-11,14-15H2,1H3. The third-order valence-corrected chi connectivity index (χ3v) is 5.44. The number of hydrogen-bond donors (Lipinski definition) is 0. The van der Waals surface area contributed by atoms with Crippen molar-refractivity contribution in [2.75, 3.05) is 26.3 Å². The highest BCUT2D eigenvalue weighted by atomic mass is 16.5. The summed E-state index contributed by atoms with van der Waals surface area (Å²) in [5.74, 6) is 1.33. The van der Waals surface area contributed by atoms with Gasteiger partial charge in [0.2, 0.25) is 0 Å². The van der Waals surface area contributed by atoms with Crippen molar-refractivity contribution in [1.29, 1.82) is 0 Å². The molecule has 136 valence electrons. The van der Waals surface area contributed by atoms with Gasteiger partial charge in [0.25, 0.3) is 5.91 Å². The van der Waals surface area contributed by atoms with Crippen LogP contribution < -0.4 is 4.74 Å². The summed E-state index contributed by atoms with van der Waals surface area (Å²) in [5.41, 5.74) is 1.68. The Morgan fingerprint density at radius 2 is 2.23 bits per heavy atom. The van der Waals surface area contributed by atoms with E-state index in [9.17, 15) is 4.79 Å². The monoisotopic (exact) mass is 352 g/mol. The zero-order valence-electron chi connectivity index (χ0n) is 15.1. The van der Waals surface area contributed by atoms with Crippen molar-refractivity contribution in [2.45, 2.75) is 25.4 Å². The van der Waals surface area contributed by atoms with Crippen molar-refractivity contribution >= 4 is 5.91 Å². The van der Waals surface area contributed by atoms with Gasteiger partial charge in [0.15, 0.2) is 0 Å². The lowest BCUT2D eigenvalue weighted by Gasteiger charge is -2.50. The first kappa shape index (κ1) is 17.0. The van der Waals surface area contributed by atoms with Gasteiger partial charge in [0.1, 0.15) is 11.4 Å². The molecule has 2 aliphatic heterocycles. The number of ether oxygens (including phenoxy) is 2. The molecule has 1 aromatic heterocycles. The molecular formula is C21H24N2O3. The van der Waals surface area contributed by atoms with Gasteiger partial charge in [-0.3, -0.25) is 9.78 Å². The Morgan fingerprint density at radius 1 is 1.35 bits per heavy atom. The topological polar surface area (TPSA) is 51.7 Å². The lowest BCUT2D eigenvalue weighted by atomic mass is 9.79. The quantitative estimate of drug-likeness (QED) is 0.830. The molecule has 2 aromatic rings. The van der Waals surface area contributed by atoms with Crippen LogP contribution in [-0.4, -0.2) is 47.7 Å². The highest BCUT2D eigenvalue weighted by Crippen LogP contribution is 2.42. The van der Waals surface area contributed by atoms with E-state index in [1.165, 1.54) is 0 Å². The van der Waals surface area contributed by atoms with Crippen LogP contribution in [-0.2, 0) is 4.74 Å². The van der Waals surface area contributed by atoms with Crippen LogP contribution in [0.25, 0.3) is 0 Å². The molecule has 0 N–H and O–H groups in total. The van der Waals surface area contributed by atoms with Crippen molar-refractivity contribution in [1.82, 2.24) is 9.88 Å². The second-order valence-corrected chi connectivity index (χ2v) is 7.26. The van der Waals surface area contributed by atoms with Gasteiger partial charge >= 0.3 is 0 Å². The predicted octanol–water partition coefficient (Wildman–Crippen LogP) is 3.09. The Kier molecular flexibility index (Phi) is 4.64. The zero-order chi connectivity index (χ0) is 18.0. The summed E-state index contributed by atoms with van der Waals surface area (Å²) in [6.07, 6.45) is 5.43. The molecule has 1 aromatic carbocycles. The molecule has 1 unspecified atom stereocenters. The van der Waals surface area contributed by atoms with Gasteiger partial charge in [-0.15, -0.1) is 0 Å². The Balaban J connectivity index is 1.32. The number of aromatic nitrogens is 1. The number of aryl methyl sites for hydroxylation is 1. The fraction of sp³-hybridized carbons (Fsp3) is 0.429. The van der Waals surface area contributed by atoms with Crippen molar-refractivity contribution in [3.8, 4) is 5.75 Å². The van der Waals surface area contributed by atoms with Crippen LogP contribution >= 0.6 is 0 Å². The van der Waals surface area contributed by atoms with Gasteiger partial charge in [-0.2, -0.15) is 0 Å². The molecule has 3 heterocycles. The van der Waals surface area contributed by atoms with Crippen molar-refractivity contribution < 1.29 is 14.3 Å². The van der Waals surface area contributed by atoms with Gasteiger partial charge in [-0.1, -0.05) is 17.7 Å². The van der Waals surface area contributed by atoms with Crippen LogP contribution in [0.15, 0.2) is 48.8 Å². The van der Waals surface area contributed by atoms with Gasteiger partial charge in [-0.05, 0) is 49.9 Å². The second kappa shape index (κ2) is 7.08. The number of rotatable bonds is 5. The maximum Gasteiger partial charge on any atom is 0.254 e. The van der Waals surface area contributed by atoms with Crippen molar-refractivity contribution in [3.05, 3.63) is 59.9 Å². The fourth-order valence-electron chi connectivity index (χ4n) is 4.00. The minimum absolute atomic E-state index is 0.0974. The van der Waals surface area contributed by atoms with Gasteiger partial charge in [0, 0.05) is 18.4 Å². The Labute approximate surface area is 153 Å². The summed E-state index contributed by atoms with van der Waals surface area (Å²) in [7, 11) is 0. The molecule has 5 heteroatoms. The van der Waals surface area contributed by atoms with Crippen molar-refractivity contribution in [2.24, 2.45) is 5.92 Å². The molecule has 2 fully saturated rings. The summed E-state index contributed by atoms with van der Waals surface area (Å²) in [6.45, 7) is 4.78. The first-order chi connectivity index (χ1) is 12.7. The Bertz CT molecular complexity index is 772. The summed E-state index contributed by atoms with van der Waals surface area (Å²) in [6, 6.07) is 11.6. The van der Waals surface area contributed by atoms with Gasteiger partial charge in [-0.25, -0.2) is 0 Å². The van der Waals surface area contributed by atoms with E-state index < -0.39 is 0 Å². The molecule has 5 nitrogen and oxygen atoms in total. The van der Waals surface area contributed by atoms with E-state index in [4.69, 9.17) is 9.47 Å². The lowest BCUT2D eigenvalue weighted by Crippen LogP contribution is -2.66. The predicted molar refractivity (Wildman–Crippen MR) is 98.2 cm³/mol. The smallest absolute Gasteiger partial charge is 0.254 e. The SMILES string of the molecule is Cc1cccc(C(=O)N2CC3(C2)OCCC3CCOc2cccnc2)c1.